The van der Waals surface area contributed by atoms with Gasteiger partial charge in [0.25, 0.3) is 0 Å². The Balaban J connectivity index is 1.73. The Morgan fingerprint density at radius 3 is 2.83 bits per heavy atom. The van der Waals surface area contributed by atoms with Gasteiger partial charge in [0.05, 0.1) is 18.1 Å². The quantitative estimate of drug-likeness (QED) is 0.885. The molecule has 114 valence electrons. The third-order valence-electron chi connectivity index (χ3n) is 3.30. The van der Waals surface area contributed by atoms with E-state index in [-0.39, 0.29) is 12.0 Å². The van der Waals surface area contributed by atoms with E-state index in [2.05, 4.69) is 27.8 Å². The van der Waals surface area contributed by atoms with Crippen LogP contribution in [0.4, 0.5) is 10.5 Å². The molecular weight excluding hydrogens is 292 g/mol. The molecule has 3 rings (SSSR count). The van der Waals surface area contributed by atoms with E-state index in [1.54, 1.807) is 41.6 Å². The Hall–Kier alpha value is -3.33. The number of nitrogens with one attached hydrogen (secondary N) is 1. The normalized spacial score (nSPS) is 14.1. The Bertz CT molecular complexity index is 793. The molecule has 0 bridgehead atoms. The number of benzene rings is 1. The van der Waals surface area contributed by atoms with Crippen LogP contribution in [-0.4, -0.2) is 22.5 Å². The van der Waals surface area contributed by atoms with E-state index in [4.69, 9.17) is 11.2 Å². The van der Waals surface area contributed by atoms with E-state index in [0.29, 0.717) is 35.7 Å². The summed E-state index contributed by atoms with van der Waals surface area (Å²) < 4.78 is 5.56. The first-order valence-electron chi connectivity index (χ1n) is 6.98. The minimum Gasteiger partial charge on any atom is -0.424 e. The van der Waals surface area contributed by atoms with E-state index < -0.39 is 0 Å². The van der Waals surface area contributed by atoms with Crippen molar-refractivity contribution in [1.82, 2.24) is 15.3 Å². The number of hydrogen-bond acceptors (Lipinski definition) is 4. The molecule has 0 spiro atoms. The highest BCUT2D eigenvalue weighted by Crippen LogP contribution is 2.21. The molecule has 1 aliphatic rings. The number of nitrogens with zero attached hydrogens (tertiary/aromatic N) is 3. The topological polar surface area (TPSA) is 67.3 Å². The predicted octanol–water partition coefficient (Wildman–Crippen LogP) is 2.68. The highest BCUT2D eigenvalue weighted by atomic mass is 16.5. The number of terminal acetylenes is 1. The number of amides is 2. The molecule has 0 radical (unpaired) electrons. The van der Waals surface area contributed by atoms with E-state index >= 15 is 0 Å². The third-order valence-corrected chi connectivity index (χ3v) is 3.30. The molecule has 6 heteroatoms. The second-order valence-corrected chi connectivity index (χ2v) is 4.93. The lowest BCUT2D eigenvalue weighted by molar-refractivity contribution is 0.246. The largest absolute Gasteiger partial charge is 0.424 e. The molecule has 0 saturated carbocycles. The fourth-order valence-electron chi connectivity index (χ4n) is 2.13. The van der Waals surface area contributed by atoms with Crippen molar-refractivity contribution in [3.05, 3.63) is 54.5 Å². The lowest BCUT2D eigenvalue weighted by atomic mass is 10.2. The molecule has 0 unspecified atom stereocenters. The van der Waals surface area contributed by atoms with Crippen molar-refractivity contribution in [2.75, 3.05) is 11.4 Å². The number of anilines is 1. The number of carbonyl (C=O) groups is 1. The molecule has 2 amide bonds. The average Bonchev–Trinajstić information content (AvgIpc) is 2.56. The second kappa shape index (κ2) is 6.20. The zero-order valence-electron chi connectivity index (χ0n) is 12.3. The minimum absolute atomic E-state index is 0.185. The highest BCUT2D eigenvalue weighted by molar-refractivity contribution is 5.93. The minimum atomic E-state index is -0.236. The fourth-order valence-corrected chi connectivity index (χ4v) is 2.13. The van der Waals surface area contributed by atoms with Gasteiger partial charge in [0.15, 0.2) is 0 Å². The Morgan fingerprint density at radius 1 is 1.35 bits per heavy atom. The predicted molar refractivity (Wildman–Crippen MR) is 86.1 cm³/mol. The standard InChI is InChI=1S/C17H14N4O2/c1-3-13-5-4-6-15(9-13)23-16-18-10-14(11-19-16)21-8-7-12(2)20-17(21)22/h1,4-6,9-11H,2,7-8H2,(H,20,22). The van der Waals surface area contributed by atoms with Crippen molar-refractivity contribution < 1.29 is 9.53 Å². The summed E-state index contributed by atoms with van der Waals surface area (Å²) in [6.07, 6.45) is 9.12. The number of urea groups is 1. The summed E-state index contributed by atoms with van der Waals surface area (Å²) in [5, 5.41) is 2.68. The number of hydrogen-bond donors (Lipinski definition) is 1. The molecule has 1 fully saturated rings. The Labute approximate surface area is 133 Å². The summed E-state index contributed by atoms with van der Waals surface area (Å²) in [5.74, 6) is 3.09. The van der Waals surface area contributed by atoms with E-state index in [1.807, 2.05) is 0 Å². The lowest BCUT2D eigenvalue weighted by Crippen LogP contribution is -2.45. The fraction of sp³-hybridized carbons (Fsp3) is 0.118. The summed E-state index contributed by atoms with van der Waals surface area (Å²) in [6, 6.07) is 7.04. The lowest BCUT2D eigenvalue weighted by Gasteiger charge is -2.28. The van der Waals surface area contributed by atoms with Gasteiger partial charge in [-0.3, -0.25) is 4.90 Å². The smallest absolute Gasteiger partial charge is 0.326 e. The molecule has 2 aromatic rings. The first kappa shape index (κ1) is 14.6. The van der Waals surface area contributed by atoms with Gasteiger partial charge in [0.2, 0.25) is 0 Å². The Kier molecular flexibility index (Phi) is 3.93. The van der Waals surface area contributed by atoms with Crippen LogP contribution in [0.2, 0.25) is 0 Å². The van der Waals surface area contributed by atoms with Gasteiger partial charge in [-0.2, -0.15) is 0 Å². The van der Waals surface area contributed by atoms with Gasteiger partial charge in [-0.1, -0.05) is 18.6 Å². The van der Waals surface area contributed by atoms with Gasteiger partial charge < -0.3 is 10.1 Å². The van der Waals surface area contributed by atoms with Gasteiger partial charge in [0, 0.05) is 24.2 Å². The van der Waals surface area contributed by atoms with Crippen LogP contribution in [0.5, 0.6) is 11.8 Å². The molecule has 1 aromatic heterocycles. The van der Waals surface area contributed by atoms with Gasteiger partial charge in [0.1, 0.15) is 5.75 Å². The average molecular weight is 306 g/mol. The molecular formula is C17H14N4O2. The molecule has 1 aromatic carbocycles. The summed E-state index contributed by atoms with van der Waals surface area (Å²) >= 11 is 0. The van der Waals surface area contributed by atoms with Gasteiger partial charge in [-0.15, -0.1) is 6.42 Å². The monoisotopic (exact) mass is 306 g/mol. The maximum Gasteiger partial charge on any atom is 0.326 e. The van der Waals surface area contributed by atoms with Crippen LogP contribution in [0.1, 0.15) is 12.0 Å². The highest BCUT2D eigenvalue weighted by Gasteiger charge is 2.21. The van der Waals surface area contributed by atoms with Crippen LogP contribution in [-0.2, 0) is 0 Å². The van der Waals surface area contributed by atoms with Crippen molar-refractivity contribution in [3.63, 3.8) is 0 Å². The van der Waals surface area contributed by atoms with Crippen molar-refractivity contribution >= 4 is 11.7 Å². The van der Waals surface area contributed by atoms with Gasteiger partial charge in [-0.25, -0.2) is 14.8 Å². The van der Waals surface area contributed by atoms with Crippen LogP contribution >= 0.6 is 0 Å². The SMILES string of the molecule is C#Cc1cccc(Oc2ncc(N3CCC(=C)NC3=O)cn2)c1. The van der Waals surface area contributed by atoms with Crippen LogP contribution in [0.15, 0.2) is 48.9 Å². The van der Waals surface area contributed by atoms with Crippen molar-refractivity contribution in [2.45, 2.75) is 6.42 Å². The second-order valence-electron chi connectivity index (χ2n) is 4.93. The first-order valence-corrected chi connectivity index (χ1v) is 6.98. The van der Waals surface area contributed by atoms with Crippen molar-refractivity contribution in [2.24, 2.45) is 0 Å². The van der Waals surface area contributed by atoms with E-state index in [9.17, 15) is 4.79 Å². The molecule has 1 N–H and O–H groups in total. The molecule has 23 heavy (non-hydrogen) atoms. The number of aromatic nitrogens is 2. The van der Waals surface area contributed by atoms with E-state index in [0.717, 1.165) is 0 Å². The maximum absolute atomic E-state index is 11.9. The molecule has 1 aliphatic heterocycles. The number of rotatable bonds is 3. The van der Waals surface area contributed by atoms with E-state index in [1.165, 1.54) is 0 Å². The van der Waals surface area contributed by atoms with Crippen LogP contribution in [0.3, 0.4) is 0 Å². The number of ether oxygens (including phenoxy) is 1. The maximum atomic E-state index is 11.9. The molecule has 0 aliphatic carbocycles. The van der Waals surface area contributed by atoms with Crippen molar-refractivity contribution in [3.8, 4) is 24.1 Å². The summed E-state index contributed by atoms with van der Waals surface area (Å²) in [5.41, 5.74) is 2.02. The van der Waals surface area contributed by atoms with Gasteiger partial charge in [-0.05, 0) is 18.2 Å². The van der Waals surface area contributed by atoms with Crippen LogP contribution in [0, 0.1) is 12.3 Å². The molecule has 2 heterocycles. The molecule has 6 nitrogen and oxygen atoms in total. The van der Waals surface area contributed by atoms with Crippen LogP contribution in [0.25, 0.3) is 0 Å². The molecule has 0 atom stereocenters. The third kappa shape index (κ3) is 3.30. The zero-order valence-corrected chi connectivity index (χ0v) is 12.3. The first-order chi connectivity index (χ1) is 11.2. The number of carbonyl (C=O) groups excluding carboxylic acids is 1. The van der Waals surface area contributed by atoms with Crippen LogP contribution < -0.4 is 15.0 Å². The zero-order chi connectivity index (χ0) is 16.2. The summed E-state index contributed by atoms with van der Waals surface area (Å²) in [4.78, 5) is 21.7. The molecule has 1 saturated heterocycles. The summed E-state index contributed by atoms with van der Waals surface area (Å²) in [6.45, 7) is 4.28. The van der Waals surface area contributed by atoms with Crippen molar-refractivity contribution in [1.29, 1.82) is 0 Å². The summed E-state index contributed by atoms with van der Waals surface area (Å²) in [7, 11) is 0. The Morgan fingerprint density at radius 2 is 2.13 bits per heavy atom. The van der Waals surface area contributed by atoms with Gasteiger partial charge >= 0.3 is 12.0 Å².